The molecule has 0 bridgehead atoms. The predicted molar refractivity (Wildman–Crippen MR) is 141 cm³/mol. The van der Waals surface area contributed by atoms with Gasteiger partial charge in [0.05, 0.1) is 34.6 Å². The standard InChI is InChI=1S/C29H23FN6O/c1-34-11-12-35(17-23(34)18-37)28-9-7-22(14-25(28)30)36-19-33-27-16-32-26-8-6-20(13-24(26)29(27)36)4-5-21-3-2-10-31-15-21/h2-3,6-10,13-16,18-19,23H,11-12,17H2,1H3. The minimum atomic E-state index is -0.338. The van der Waals surface area contributed by atoms with Crippen molar-refractivity contribution >= 4 is 33.9 Å². The average Bonchev–Trinajstić information content (AvgIpc) is 3.38. The molecule has 1 atom stereocenters. The van der Waals surface area contributed by atoms with Gasteiger partial charge in [0.25, 0.3) is 0 Å². The molecule has 3 aromatic heterocycles. The van der Waals surface area contributed by atoms with Crippen LogP contribution in [0, 0.1) is 17.7 Å². The zero-order valence-electron chi connectivity index (χ0n) is 20.2. The third-order valence-corrected chi connectivity index (χ3v) is 6.79. The molecular formula is C29H23FN6O. The topological polar surface area (TPSA) is 67.2 Å². The monoisotopic (exact) mass is 490 g/mol. The first-order valence-corrected chi connectivity index (χ1v) is 12.0. The molecule has 0 radical (unpaired) electrons. The van der Waals surface area contributed by atoms with Gasteiger partial charge in [-0.15, -0.1) is 0 Å². The van der Waals surface area contributed by atoms with E-state index >= 15 is 4.39 Å². The summed E-state index contributed by atoms with van der Waals surface area (Å²) in [5, 5.41) is 0.880. The Kier molecular flexibility index (Phi) is 5.83. The number of benzene rings is 2. The highest BCUT2D eigenvalue weighted by Crippen LogP contribution is 2.29. The lowest BCUT2D eigenvalue weighted by atomic mass is 10.1. The van der Waals surface area contributed by atoms with Crippen LogP contribution in [0.5, 0.6) is 0 Å². The van der Waals surface area contributed by atoms with Gasteiger partial charge in [0.1, 0.15) is 23.9 Å². The van der Waals surface area contributed by atoms with E-state index < -0.39 is 0 Å². The molecule has 182 valence electrons. The van der Waals surface area contributed by atoms with E-state index in [1.165, 1.54) is 6.07 Å². The summed E-state index contributed by atoms with van der Waals surface area (Å²) in [4.78, 5) is 28.5. The van der Waals surface area contributed by atoms with Crippen LogP contribution >= 0.6 is 0 Å². The lowest BCUT2D eigenvalue weighted by Gasteiger charge is -2.38. The number of nitrogens with zero attached hydrogens (tertiary/aromatic N) is 6. The summed E-state index contributed by atoms with van der Waals surface area (Å²) in [5.74, 6) is 5.99. The van der Waals surface area contributed by atoms with Gasteiger partial charge in [-0.3, -0.25) is 19.4 Å². The number of carbonyl (C=O) groups is 1. The van der Waals surface area contributed by atoms with Crippen molar-refractivity contribution in [3.8, 4) is 17.5 Å². The van der Waals surface area contributed by atoms with Gasteiger partial charge >= 0.3 is 0 Å². The molecule has 8 heteroatoms. The summed E-state index contributed by atoms with van der Waals surface area (Å²) in [6.07, 6.45) is 7.77. The number of fused-ring (bicyclic) bond motifs is 3. The van der Waals surface area contributed by atoms with Crippen molar-refractivity contribution in [2.24, 2.45) is 0 Å². The Morgan fingerprint density at radius 2 is 1.89 bits per heavy atom. The second kappa shape index (κ2) is 9.45. The van der Waals surface area contributed by atoms with E-state index in [0.29, 0.717) is 36.5 Å². The predicted octanol–water partition coefficient (Wildman–Crippen LogP) is 3.83. The number of anilines is 1. The van der Waals surface area contributed by atoms with Crippen LogP contribution in [0.3, 0.4) is 0 Å². The molecule has 1 aliphatic heterocycles. The Bertz CT molecular complexity index is 1690. The quantitative estimate of drug-likeness (QED) is 0.283. The van der Waals surface area contributed by atoms with Gasteiger partial charge in [0.2, 0.25) is 0 Å². The molecule has 1 saturated heterocycles. The van der Waals surface area contributed by atoms with E-state index in [0.717, 1.165) is 33.8 Å². The fourth-order valence-corrected chi connectivity index (χ4v) is 4.72. The van der Waals surface area contributed by atoms with Crippen LogP contribution < -0.4 is 4.90 Å². The van der Waals surface area contributed by atoms with Gasteiger partial charge in [-0.2, -0.15) is 0 Å². The highest BCUT2D eigenvalue weighted by atomic mass is 19.1. The summed E-state index contributed by atoms with van der Waals surface area (Å²) >= 11 is 0. The van der Waals surface area contributed by atoms with Crippen LogP contribution in [0.4, 0.5) is 10.1 Å². The van der Waals surface area contributed by atoms with Crippen LogP contribution in [0.1, 0.15) is 11.1 Å². The molecule has 0 N–H and O–H groups in total. The molecule has 6 rings (SSSR count). The molecule has 0 spiro atoms. The van der Waals surface area contributed by atoms with Crippen molar-refractivity contribution in [2.45, 2.75) is 6.04 Å². The lowest BCUT2D eigenvalue weighted by molar-refractivity contribution is -0.112. The summed E-state index contributed by atoms with van der Waals surface area (Å²) < 4.78 is 17.3. The molecule has 4 heterocycles. The van der Waals surface area contributed by atoms with Crippen LogP contribution in [0.15, 0.2) is 73.4 Å². The number of aromatic nitrogens is 4. The number of hydrogen-bond acceptors (Lipinski definition) is 6. The summed E-state index contributed by atoms with van der Waals surface area (Å²) in [6.45, 7) is 1.81. The summed E-state index contributed by atoms with van der Waals surface area (Å²) in [7, 11) is 1.91. The second-order valence-electron chi connectivity index (χ2n) is 9.10. The largest absolute Gasteiger partial charge is 0.366 e. The Morgan fingerprint density at radius 1 is 1.00 bits per heavy atom. The van der Waals surface area contributed by atoms with Crippen molar-refractivity contribution in [2.75, 3.05) is 31.6 Å². The van der Waals surface area contributed by atoms with Crippen LogP contribution in [-0.2, 0) is 4.79 Å². The number of hydrogen-bond donors (Lipinski definition) is 0. The normalized spacial score (nSPS) is 16.1. The van der Waals surface area contributed by atoms with Crippen molar-refractivity contribution in [3.63, 3.8) is 0 Å². The minimum absolute atomic E-state index is 0.250. The number of rotatable bonds is 3. The number of pyridine rings is 2. The number of likely N-dealkylation sites (N-methyl/N-ethyl adjacent to an activating group) is 1. The van der Waals surface area contributed by atoms with Crippen molar-refractivity contribution in [3.05, 3.63) is 90.4 Å². The van der Waals surface area contributed by atoms with Gasteiger partial charge in [0, 0.05) is 54.6 Å². The molecule has 1 aliphatic rings. The maximum absolute atomic E-state index is 15.4. The fraction of sp³-hybridized carbons (Fsp3) is 0.172. The van der Waals surface area contributed by atoms with E-state index in [2.05, 4.69) is 26.8 Å². The molecule has 0 saturated carbocycles. The Hall–Kier alpha value is -4.61. The maximum atomic E-state index is 15.4. The SMILES string of the molecule is CN1CCN(c2ccc(-n3cnc4cnc5ccc(C#Cc6cccnc6)cc5c43)cc2F)CC1C=O. The van der Waals surface area contributed by atoms with E-state index in [1.54, 1.807) is 31.0 Å². The smallest absolute Gasteiger partial charge is 0.148 e. The molecule has 1 fully saturated rings. The van der Waals surface area contributed by atoms with Gasteiger partial charge in [0.15, 0.2) is 0 Å². The zero-order chi connectivity index (χ0) is 25.4. The Morgan fingerprint density at radius 3 is 2.70 bits per heavy atom. The molecule has 1 unspecified atom stereocenters. The van der Waals surface area contributed by atoms with Gasteiger partial charge in [-0.1, -0.05) is 11.8 Å². The molecule has 0 amide bonds. The van der Waals surface area contributed by atoms with E-state index in [1.807, 2.05) is 57.8 Å². The highest BCUT2D eigenvalue weighted by Gasteiger charge is 2.25. The van der Waals surface area contributed by atoms with E-state index in [4.69, 9.17) is 0 Å². The Labute approximate surface area is 213 Å². The summed E-state index contributed by atoms with van der Waals surface area (Å²) in [6, 6.07) is 14.5. The van der Waals surface area contributed by atoms with Crippen molar-refractivity contribution in [1.29, 1.82) is 0 Å². The summed E-state index contributed by atoms with van der Waals surface area (Å²) in [5.41, 5.74) is 5.16. The van der Waals surface area contributed by atoms with Crippen molar-refractivity contribution in [1.82, 2.24) is 24.4 Å². The van der Waals surface area contributed by atoms with Gasteiger partial charge in [-0.25, -0.2) is 9.37 Å². The van der Waals surface area contributed by atoms with Crippen LogP contribution in [0.25, 0.3) is 27.6 Å². The first-order valence-electron chi connectivity index (χ1n) is 12.0. The molecule has 5 aromatic rings. The molecule has 7 nitrogen and oxygen atoms in total. The first kappa shape index (κ1) is 22.8. The third-order valence-electron chi connectivity index (χ3n) is 6.79. The maximum Gasteiger partial charge on any atom is 0.148 e. The first-order chi connectivity index (χ1) is 18.1. The van der Waals surface area contributed by atoms with Crippen LogP contribution in [-0.4, -0.2) is 63.4 Å². The number of carbonyl (C=O) groups excluding carboxylic acids is 1. The zero-order valence-corrected chi connectivity index (χ0v) is 20.2. The lowest BCUT2D eigenvalue weighted by Crippen LogP contribution is -2.52. The molecule has 2 aromatic carbocycles. The van der Waals surface area contributed by atoms with Crippen molar-refractivity contribution < 1.29 is 9.18 Å². The van der Waals surface area contributed by atoms with E-state index in [9.17, 15) is 4.79 Å². The van der Waals surface area contributed by atoms with Gasteiger partial charge < -0.3 is 9.69 Å². The molecule has 37 heavy (non-hydrogen) atoms. The number of piperazine rings is 1. The highest BCUT2D eigenvalue weighted by molar-refractivity contribution is 6.03. The molecule has 0 aliphatic carbocycles. The number of aldehydes is 1. The van der Waals surface area contributed by atoms with Gasteiger partial charge in [-0.05, 0) is 49.5 Å². The average molecular weight is 491 g/mol. The Balaban J connectivity index is 1.39. The minimum Gasteiger partial charge on any atom is -0.366 e. The van der Waals surface area contributed by atoms with Crippen LogP contribution in [0.2, 0.25) is 0 Å². The fourth-order valence-electron chi connectivity index (χ4n) is 4.72. The van der Waals surface area contributed by atoms with E-state index in [-0.39, 0.29) is 11.9 Å². The third kappa shape index (κ3) is 4.30. The molecular weight excluding hydrogens is 467 g/mol. The second-order valence-corrected chi connectivity index (χ2v) is 9.10. The number of imidazole rings is 1. The number of halogens is 1.